The zero-order valence-corrected chi connectivity index (χ0v) is 14.0. The van der Waals surface area contributed by atoms with Crippen molar-refractivity contribution < 1.29 is 34.0 Å². The zero-order chi connectivity index (χ0) is 18.8. The Morgan fingerprint density at radius 2 is 1.96 bits per heavy atom. The van der Waals surface area contributed by atoms with Crippen molar-refractivity contribution in [2.24, 2.45) is 5.16 Å². The Labute approximate surface area is 145 Å². The number of rotatable bonds is 6. The highest BCUT2D eigenvalue weighted by atomic mass is 32.1. The van der Waals surface area contributed by atoms with Crippen LogP contribution in [0, 0.1) is 0 Å². The van der Waals surface area contributed by atoms with Gasteiger partial charge in [0.05, 0.1) is 0 Å². The van der Waals surface area contributed by atoms with Crippen LogP contribution in [-0.2, 0) is 28.9 Å². The number of carbonyl (C=O) groups excluding carboxylic acids is 3. The van der Waals surface area contributed by atoms with E-state index < -0.39 is 35.1 Å². The van der Waals surface area contributed by atoms with E-state index in [-0.39, 0.29) is 23.7 Å². The lowest BCUT2D eigenvalue weighted by molar-refractivity contribution is -0.192. The highest BCUT2D eigenvalue weighted by molar-refractivity contribution is 7.13. The Morgan fingerprint density at radius 1 is 1.36 bits per heavy atom. The molecule has 3 N–H and O–H groups in total. The van der Waals surface area contributed by atoms with Crippen LogP contribution in [0.2, 0.25) is 0 Å². The molecule has 0 aromatic carbocycles. The molecule has 134 valence electrons. The second-order valence-corrected chi connectivity index (χ2v) is 6.27. The topological polar surface area (TPSA) is 161 Å². The molecular formula is C13H14N4O7S. The molecule has 0 aliphatic carbocycles. The molecular weight excluding hydrogens is 356 g/mol. The first-order chi connectivity index (χ1) is 11.6. The quantitative estimate of drug-likeness (QED) is 0.396. The van der Waals surface area contributed by atoms with Gasteiger partial charge >= 0.3 is 11.9 Å². The van der Waals surface area contributed by atoms with Gasteiger partial charge in [0.15, 0.2) is 5.13 Å². The van der Waals surface area contributed by atoms with Crippen LogP contribution in [0.5, 0.6) is 0 Å². The number of aliphatic carboxylic acids is 1. The number of carboxylic acids is 1. The standard InChI is InChI=1S/C13H14N4O7S/c1-13(2,11(21)22)24-16-9(6-5-25-12(14)15-6)10(20)23-17-7(18)3-4-8(17)19/h5H,3-4H2,1-2H3,(H2,14,15)(H,21,22)/b16-9-. The Bertz CT molecular complexity index is 754. The molecule has 25 heavy (non-hydrogen) atoms. The van der Waals surface area contributed by atoms with Gasteiger partial charge in [0.1, 0.15) is 5.69 Å². The van der Waals surface area contributed by atoms with Crippen LogP contribution < -0.4 is 5.73 Å². The maximum Gasteiger partial charge on any atom is 0.387 e. The Balaban J connectivity index is 2.28. The lowest BCUT2D eigenvalue weighted by atomic mass is 10.1. The molecule has 1 saturated heterocycles. The number of carboxylic acid groups (broad SMARTS) is 1. The van der Waals surface area contributed by atoms with E-state index in [2.05, 4.69) is 10.1 Å². The number of thiazole rings is 1. The van der Waals surface area contributed by atoms with Crippen LogP contribution in [0.4, 0.5) is 5.13 Å². The van der Waals surface area contributed by atoms with E-state index in [1.807, 2.05) is 0 Å². The fourth-order valence-corrected chi connectivity index (χ4v) is 2.12. The largest absolute Gasteiger partial charge is 0.478 e. The predicted molar refractivity (Wildman–Crippen MR) is 83.0 cm³/mol. The maximum absolute atomic E-state index is 12.3. The third-order valence-corrected chi connectivity index (χ3v) is 3.69. The summed E-state index contributed by atoms with van der Waals surface area (Å²) in [4.78, 5) is 59.9. The van der Waals surface area contributed by atoms with Crippen molar-refractivity contribution in [1.29, 1.82) is 0 Å². The minimum atomic E-state index is -1.74. The van der Waals surface area contributed by atoms with Crippen molar-refractivity contribution in [3.63, 3.8) is 0 Å². The third kappa shape index (κ3) is 4.09. The van der Waals surface area contributed by atoms with Gasteiger partial charge in [-0.2, -0.15) is 0 Å². The highest BCUT2D eigenvalue weighted by Crippen LogP contribution is 2.17. The molecule has 0 saturated carbocycles. The molecule has 0 unspecified atom stereocenters. The molecule has 11 nitrogen and oxygen atoms in total. The lowest BCUT2D eigenvalue weighted by Gasteiger charge is -2.17. The van der Waals surface area contributed by atoms with E-state index in [9.17, 15) is 19.2 Å². The van der Waals surface area contributed by atoms with Crippen molar-refractivity contribution in [2.75, 3.05) is 5.73 Å². The zero-order valence-electron chi connectivity index (χ0n) is 13.2. The number of amides is 2. The van der Waals surface area contributed by atoms with E-state index >= 15 is 0 Å². The van der Waals surface area contributed by atoms with Crippen LogP contribution >= 0.6 is 11.3 Å². The number of anilines is 1. The van der Waals surface area contributed by atoms with Gasteiger partial charge in [-0.25, -0.2) is 14.6 Å². The van der Waals surface area contributed by atoms with Gasteiger partial charge in [0.25, 0.3) is 11.8 Å². The summed E-state index contributed by atoms with van der Waals surface area (Å²) in [6.45, 7) is 2.43. The molecule has 1 fully saturated rings. The van der Waals surface area contributed by atoms with Crippen LogP contribution in [0.25, 0.3) is 0 Å². The fourth-order valence-electron chi connectivity index (χ4n) is 1.57. The van der Waals surface area contributed by atoms with Gasteiger partial charge in [-0.15, -0.1) is 16.4 Å². The minimum absolute atomic E-state index is 0.0483. The maximum atomic E-state index is 12.3. The van der Waals surface area contributed by atoms with Crippen LogP contribution in [0.15, 0.2) is 10.5 Å². The predicted octanol–water partition coefficient (Wildman–Crippen LogP) is -0.0836. The summed E-state index contributed by atoms with van der Waals surface area (Å²) in [5.74, 6) is -3.90. The van der Waals surface area contributed by atoms with Gasteiger partial charge in [-0.05, 0) is 13.8 Å². The summed E-state index contributed by atoms with van der Waals surface area (Å²) in [5, 5.41) is 14.3. The second-order valence-electron chi connectivity index (χ2n) is 5.38. The second kappa shape index (κ2) is 6.84. The van der Waals surface area contributed by atoms with Gasteiger partial charge in [-0.3, -0.25) is 9.59 Å². The molecule has 1 aliphatic rings. The molecule has 2 rings (SSSR count). The molecule has 2 amide bonds. The monoisotopic (exact) mass is 370 g/mol. The molecule has 1 aromatic heterocycles. The Hall–Kier alpha value is -3.02. The van der Waals surface area contributed by atoms with E-state index in [4.69, 9.17) is 20.5 Å². The van der Waals surface area contributed by atoms with Crippen LogP contribution in [-0.4, -0.2) is 50.2 Å². The average Bonchev–Trinajstić information content (AvgIpc) is 3.08. The van der Waals surface area contributed by atoms with E-state index in [0.29, 0.717) is 5.06 Å². The molecule has 12 heteroatoms. The summed E-state index contributed by atoms with van der Waals surface area (Å²) >= 11 is 0.992. The number of hydroxylamine groups is 2. The summed E-state index contributed by atoms with van der Waals surface area (Å²) in [6, 6.07) is 0. The molecule has 1 aliphatic heterocycles. The van der Waals surface area contributed by atoms with Crippen molar-refractivity contribution in [3.05, 3.63) is 11.1 Å². The van der Waals surface area contributed by atoms with E-state index in [1.165, 1.54) is 19.2 Å². The number of imide groups is 1. The van der Waals surface area contributed by atoms with Crippen molar-refractivity contribution in [1.82, 2.24) is 10.0 Å². The van der Waals surface area contributed by atoms with Gasteiger partial charge in [0, 0.05) is 18.2 Å². The van der Waals surface area contributed by atoms with Crippen molar-refractivity contribution >= 4 is 45.9 Å². The summed E-state index contributed by atoms with van der Waals surface area (Å²) in [6.07, 6.45) is -0.157. The van der Waals surface area contributed by atoms with E-state index in [1.54, 1.807) is 0 Å². The molecule has 0 bridgehead atoms. The minimum Gasteiger partial charge on any atom is -0.478 e. The first-order valence-electron chi connectivity index (χ1n) is 6.91. The molecule has 0 atom stereocenters. The Morgan fingerprint density at radius 3 is 2.44 bits per heavy atom. The molecule has 1 aromatic rings. The number of nitrogen functional groups attached to an aromatic ring is 1. The summed E-state index contributed by atoms with van der Waals surface area (Å²) < 4.78 is 0. The number of hydrogen-bond acceptors (Lipinski definition) is 10. The molecule has 0 spiro atoms. The highest BCUT2D eigenvalue weighted by Gasteiger charge is 2.36. The SMILES string of the molecule is CC(C)(O/N=C(\C(=O)ON1C(=O)CCC1=O)c1csc(N)n1)C(=O)O. The average molecular weight is 370 g/mol. The van der Waals surface area contributed by atoms with Crippen LogP contribution in [0.1, 0.15) is 32.4 Å². The van der Waals surface area contributed by atoms with Crippen LogP contribution in [0.3, 0.4) is 0 Å². The number of aromatic nitrogens is 1. The molecule has 2 heterocycles. The number of hydrogen-bond donors (Lipinski definition) is 2. The van der Waals surface area contributed by atoms with Crippen molar-refractivity contribution in [2.45, 2.75) is 32.3 Å². The number of carbonyl (C=O) groups is 4. The van der Waals surface area contributed by atoms with E-state index in [0.717, 1.165) is 11.3 Å². The number of nitrogens with two attached hydrogens (primary N) is 1. The first kappa shape index (κ1) is 18.3. The lowest BCUT2D eigenvalue weighted by Crippen LogP contribution is -2.37. The fraction of sp³-hybridized carbons (Fsp3) is 0.385. The number of nitrogens with zero attached hydrogens (tertiary/aromatic N) is 3. The van der Waals surface area contributed by atoms with Gasteiger partial charge < -0.3 is 20.5 Å². The van der Waals surface area contributed by atoms with Crippen molar-refractivity contribution in [3.8, 4) is 0 Å². The molecule has 0 radical (unpaired) electrons. The third-order valence-electron chi connectivity index (χ3n) is 3.02. The summed E-state index contributed by atoms with van der Waals surface area (Å²) in [5.41, 5.74) is 3.18. The normalized spacial score (nSPS) is 15.4. The smallest absolute Gasteiger partial charge is 0.387 e. The first-order valence-corrected chi connectivity index (χ1v) is 7.79. The van der Waals surface area contributed by atoms with Gasteiger partial charge in [-0.1, -0.05) is 5.16 Å². The number of oxime groups is 1. The summed E-state index contributed by atoms with van der Waals surface area (Å²) in [7, 11) is 0. The Kier molecular flexibility index (Phi) is 5.02. The van der Waals surface area contributed by atoms with Gasteiger partial charge in [0.2, 0.25) is 11.3 Å².